The van der Waals surface area contributed by atoms with E-state index in [1.807, 2.05) is 6.92 Å². The first-order chi connectivity index (χ1) is 14.8. The summed E-state index contributed by atoms with van der Waals surface area (Å²) in [5.41, 5.74) is 10.7. The van der Waals surface area contributed by atoms with Gasteiger partial charge in [0.05, 0.1) is 18.7 Å². The molecular weight excluding hydrogens is 405 g/mol. The first kappa shape index (κ1) is 20.3. The van der Waals surface area contributed by atoms with Crippen molar-refractivity contribution >= 4 is 23.5 Å². The Hall–Kier alpha value is -4.02. The van der Waals surface area contributed by atoms with Crippen LogP contribution in [0.25, 0.3) is 11.5 Å². The van der Waals surface area contributed by atoms with Gasteiger partial charge in [-0.15, -0.1) is 0 Å². The maximum atomic E-state index is 14.1. The van der Waals surface area contributed by atoms with Gasteiger partial charge in [0.1, 0.15) is 23.1 Å². The maximum absolute atomic E-state index is 14.1. The van der Waals surface area contributed by atoms with E-state index < -0.39 is 17.2 Å². The van der Waals surface area contributed by atoms with Crippen molar-refractivity contribution in [3.05, 3.63) is 47.3 Å². The molecule has 0 aliphatic carbocycles. The molecule has 1 unspecified atom stereocenters. The zero-order valence-corrected chi connectivity index (χ0v) is 16.8. The lowest BCUT2D eigenvalue weighted by atomic mass is 9.84. The number of fused-ring (bicyclic) bond motifs is 1. The van der Waals surface area contributed by atoms with Gasteiger partial charge >= 0.3 is 0 Å². The lowest BCUT2D eigenvalue weighted by Crippen LogP contribution is -2.44. The van der Waals surface area contributed by atoms with Crippen LogP contribution in [-0.4, -0.2) is 38.2 Å². The molecule has 31 heavy (non-hydrogen) atoms. The molecule has 0 radical (unpaired) electrons. The summed E-state index contributed by atoms with van der Waals surface area (Å²) >= 11 is 0. The number of nitrogen functional groups attached to an aromatic ring is 1. The molecule has 5 N–H and O–H groups in total. The van der Waals surface area contributed by atoms with Gasteiger partial charge in [-0.05, 0) is 19.9 Å². The number of rotatable bonds is 6. The van der Waals surface area contributed by atoms with Crippen molar-refractivity contribution in [3.63, 3.8) is 0 Å². The van der Waals surface area contributed by atoms with Gasteiger partial charge in [-0.3, -0.25) is 9.59 Å². The number of nitrogens with one attached hydrogen (secondary N) is 1. The van der Waals surface area contributed by atoms with Crippen LogP contribution in [0.2, 0.25) is 0 Å². The van der Waals surface area contributed by atoms with Crippen molar-refractivity contribution in [2.75, 3.05) is 17.7 Å². The van der Waals surface area contributed by atoms with E-state index in [0.29, 0.717) is 23.7 Å². The smallest absolute Gasteiger partial charge is 0.245 e. The highest BCUT2D eigenvalue weighted by Crippen LogP contribution is 2.40. The number of hydrogen-bond donors (Lipinski definition) is 3. The van der Waals surface area contributed by atoms with Gasteiger partial charge < -0.3 is 21.5 Å². The van der Waals surface area contributed by atoms with Gasteiger partial charge in [0, 0.05) is 11.6 Å². The van der Waals surface area contributed by atoms with E-state index >= 15 is 0 Å². The molecule has 3 aromatic rings. The van der Waals surface area contributed by atoms with E-state index in [2.05, 4.69) is 20.4 Å². The molecule has 1 aliphatic rings. The standard InChI is InChI=1S/C20H20FN7O3/c1-3-31-13-8-12(27-28(13)9-10-6-4-5-7-11(10)21)16-24-15(22)14-17(25-16)26-19(30)20(14,2)18(23)29/h4-8H,3,9H2,1-2H3,(H2,23,29)(H3,22,24,25,26,30). The van der Waals surface area contributed by atoms with E-state index in [-0.39, 0.29) is 35.4 Å². The van der Waals surface area contributed by atoms with E-state index in [4.69, 9.17) is 16.2 Å². The number of carbonyl (C=O) groups excluding carboxylic acids is 2. The molecule has 0 fully saturated rings. The summed E-state index contributed by atoms with van der Waals surface area (Å²) in [5.74, 6) is -1.34. The van der Waals surface area contributed by atoms with Gasteiger partial charge in [0.2, 0.25) is 17.7 Å². The number of amides is 2. The maximum Gasteiger partial charge on any atom is 0.245 e. The molecule has 2 amide bonds. The normalized spacial score (nSPS) is 17.3. The predicted octanol–water partition coefficient (Wildman–Crippen LogP) is 1.20. The quantitative estimate of drug-likeness (QED) is 0.502. The first-order valence-electron chi connectivity index (χ1n) is 9.49. The summed E-state index contributed by atoms with van der Waals surface area (Å²) in [7, 11) is 0. The summed E-state index contributed by atoms with van der Waals surface area (Å²) in [6.07, 6.45) is 0. The number of nitrogens with two attached hydrogens (primary N) is 2. The number of carbonyl (C=O) groups is 2. The third-order valence-electron chi connectivity index (χ3n) is 5.16. The highest BCUT2D eigenvalue weighted by molar-refractivity contribution is 6.20. The number of anilines is 2. The molecule has 3 heterocycles. The van der Waals surface area contributed by atoms with Crippen LogP contribution in [0.15, 0.2) is 30.3 Å². The second kappa shape index (κ2) is 7.35. The van der Waals surface area contributed by atoms with Crippen LogP contribution in [0.4, 0.5) is 16.0 Å². The third-order valence-corrected chi connectivity index (χ3v) is 5.16. The molecule has 1 aromatic carbocycles. The highest BCUT2D eigenvalue weighted by atomic mass is 19.1. The summed E-state index contributed by atoms with van der Waals surface area (Å²) < 4.78 is 21.2. The molecule has 0 saturated heterocycles. The van der Waals surface area contributed by atoms with Crippen molar-refractivity contribution < 1.29 is 18.7 Å². The van der Waals surface area contributed by atoms with Crippen LogP contribution >= 0.6 is 0 Å². The minimum absolute atomic E-state index is 0.0683. The lowest BCUT2D eigenvalue weighted by Gasteiger charge is -2.18. The molecule has 10 nitrogen and oxygen atoms in total. The van der Waals surface area contributed by atoms with Gasteiger partial charge in [-0.25, -0.2) is 19.0 Å². The number of nitrogens with zero attached hydrogens (tertiary/aromatic N) is 4. The van der Waals surface area contributed by atoms with E-state index in [1.54, 1.807) is 24.3 Å². The SMILES string of the molecule is CCOc1cc(-c2nc(N)c3c(n2)NC(=O)C3(C)C(N)=O)nn1Cc1ccccc1F. The molecule has 0 bridgehead atoms. The van der Waals surface area contributed by atoms with Crippen molar-refractivity contribution in [1.82, 2.24) is 19.7 Å². The van der Waals surface area contributed by atoms with Gasteiger partial charge in [-0.2, -0.15) is 5.10 Å². The fraction of sp³-hybridized carbons (Fsp3) is 0.250. The zero-order chi connectivity index (χ0) is 22.3. The highest BCUT2D eigenvalue weighted by Gasteiger charge is 2.51. The fourth-order valence-electron chi connectivity index (χ4n) is 3.43. The molecule has 160 valence electrons. The van der Waals surface area contributed by atoms with Crippen molar-refractivity contribution in [2.24, 2.45) is 5.73 Å². The second-order valence-corrected chi connectivity index (χ2v) is 7.15. The molecule has 0 saturated carbocycles. The van der Waals surface area contributed by atoms with Crippen LogP contribution in [0.5, 0.6) is 5.88 Å². The Morgan fingerprint density at radius 3 is 2.74 bits per heavy atom. The van der Waals surface area contributed by atoms with Crippen LogP contribution in [0.3, 0.4) is 0 Å². The average Bonchev–Trinajstić information content (AvgIpc) is 3.23. The van der Waals surface area contributed by atoms with Crippen LogP contribution in [0.1, 0.15) is 25.0 Å². The number of ether oxygens (including phenoxy) is 1. The van der Waals surface area contributed by atoms with Crippen LogP contribution in [-0.2, 0) is 21.5 Å². The molecule has 11 heteroatoms. The molecule has 1 aliphatic heterocycles. The van der Waals surface area contributed by atoms with Crippen molar-refractivity contribution in [3.8, 4) is 17.4 Å². The first-order valence-corrected chi connectivity index (χ1v) is 9.49. The summed E-state index contributed by atoms with van der Waals surface area (Å²) in [6, 6.07) is 7.94. The molecule has 0 spiro atoms. The van der Waals surface area contributed by atoms with E-state index in [9.17, 15) is 14.0 Å². The number of primary amides is 1. The number of benzene rings is 1. The minimum Gasteiger partial charge on any atom is -0.478 e. The van der Waals surface area contributed by atoms with Crippen LogP contribution in [0, 0.1) is 5.82 Å². The molecular formula is C20H20FN7O3. The van der Waals surface area contributed by atoms with Gasteiger partial charge in [-0.1, -0.05) is 18.2 Å². The molecule has 2 aromatic heterocycles. The zero-order valence-electron chi connectivity index (χ0n) is 16.8. The topological polar surface area (TPSA) is 151 Å². The Labute approximate surface area is 176 Å². The Morgan fingerprint density at radius 1 is 1.32 bits per heavy atom. The lowest BCUT2D eigenvalue weighted by molar-refractivity contribution is -0.131. The van der Waals surface area contributed by atoms with Gasteiger partial charge in [0.25, 0.3) is 0 Å². The Bertz CT molecular complexity index is 1210. The molecule has 1 atom stereocenters. The molecule has 4 rings (SSSR count). The summed E-state index contributed by atoms with van der Waals surface area (Å²) in [4.78, 5) is 32.8. The Morgan fingerprint density at radius 2 is 2.06 bits per heavy atom. The largest absolute Gasteiger partial charge is 0.478 e. The Balaban J connectivity index is 1.77. The number of aromatic nitrogens is 4. The minimum atomic E-state index is -1.67. The summed E-state index contributed by atoms with van der Waals surface area (Å²) in [5, 5.41) is 6.96. The summed E-state index contributed by atoms with van der Waals surface area (Å²) in [6.45, 7) is 3.66. The van der Waals surface area contributed by atoms with E-state index in [0.717, 1.165) is 0 Å². The van der Waals surface area contributed by atoms with Crippen LogP contribution < -0.4 is 21.5 Å². The van der Waals surface area contributed by atoms with E-state index in [1.165, 1.54) is 17.7 Å². The fourth-order valence-corrected chi connectivity index (χ4v) is 3.43. The number of hydrogen-bond acceptors (Lipinski definition) is 7. The van der Waals surface area contributed by atoms with Crippen molar-refractivity contribution in [1.29, 1.82) is 0 Å². The van der Waals surface area contributed by atoms with Crippen molar-refractivity contribution in [2.45, 2.75) is 25.8 Å². The predicted molar refractivity (Wildman–Crippen MR) is 110 cm³/mol. The second-order valence-electron chi connectivity index (χ2n) is 7.15. The number of halogens is 1. The Kier molecular flexibility index (Phi) is 4.80. The third kappa shape index (κ3) is 3.23. The monoisotopic (exact) mass is 425 g/mol. The van der Waals surface area contributed by atoms with Gasteiger partial charge in [0.15, 0.2) is 11.2 Å². The average molecular weight is 425 g/mol.